The van der Waals surface area contributed by atoms with E-state index in [2.05, 4.69) is 5.32 Å². The van der Waals surface area contributed by atoms with Gasteiger partial charge in [-0.15, -0.1) is 0 Å². The first-order chi connectivity index (χ1) is 6.79. The Hall–Kier alpha value is -0.610. The van der Waals surface area contributed by atoms with E-state index in [4.69, 9.17) is 5.73 Å². The zero-order valence-corrected chi connectivity index (χ0v) is 8.54. The minimum Gasteiger partial charge on any atom is -0.340 e. The van der Waals surface area contributed by atoms with Gasteiger partial charge < -0.3 is 16.0 Å². The van der Waals surface area contributed by atoms with Crippen LogP contribution in [0, 0.1) is 5.92 Å². The highest BCUT2D eigenvalue weighted by Crippen LogP contribution is 2.25. The molecule has 0 aromatic carbocycles. The number of carbonyl (C=O) groups excluding carboxylic acids is 1. The molecule has 0 bridgehead atoms. The third-order valence-electron chi connectivity index (χ3n) is 3.32. The molecule has 1 saturated heterocycles. The molecule has 1 heterocycles. The van der Waals surface area contributed by atoms with Crippen LogP contribution in [0.1, 0.15) is 19.3 Å². The van der Waals surface area contributed by atoms with E-state index >= 15 is 0 Å². The van der Waals surface area contributed by atoms with E-state index < -0.39 is 0 Å². The Labute approximate surface area is 84.8 Å². The van der Waals surface area contributed by atoms with E-state index in [0.29, 0.717) is 0 Å². The lowest BCUT2D eigenvalue weighted by Crippen LogP contribution is -2.50. The maximum absolute atomic E-state index is 12.0. The van der Waals surface area contributed by atoms with E-state index in [1.165, 1.54) is 0 Å². The van der Waals surface area contributed by atoms with Crippen molar-refractivity contribution >= 4 is 5.91 Å². The highest BCUT2D eigenvalue weighted by atomic mass is 16.2. The number of piperazine rings is 1. The predicted octanol–water partition coefficient (Wildman–Crippen LogP) is -0.454. The number of rotatable bonds is 1. The van der Waals surface area contributed by atoms with Gasteiger partial charge >= 0.3 is 0 Å². The van der Waals surface area contributed by atoms with Gasteiger partial charge in [-0.2, -0.15) is 0 Å². The number of carbonyl (C=O) groups is 1. The quantitative estimate of drug-likeness (QED) is 0.598. The summed E-state index contributed by atoms with van der Waals surface area (Å²) in [6.45, 7) is 3.55. The molecule has 2 aliphatic rings. The second-order valence-electron chi connectivity index (χ2n) is 4.28. The minimum atomic E-state index is 0.105. The summed E-state index contributed by atoms with van der Waals surface area (Å²) >= 11 is 0. The summed E-state index contributed by atoms with van der Waals surface area (Å²) in [5.74, 6) is 0.393. The Balaban J connectivity index is 1.92. The van der Waals surface area contributed by atoms with Gasteiger partial charge in [0.15, 0.2) is 0 Å². The summed E-state index contributed by atoms with van der Waals surface area (Å²) in [6, 6.07) is 0.109. The van der Waals surface area contributed by atoms with E-state index in [9.17, 15) is 4.79 Å². The lowest BCUT2D eigenvalue weighted by atomic mass is 10.0. The molecule has 2 unspecified atom stereocenters. The zero-order chi connectivity index (χ0) is 9.97. The van der Waals surface area contributed by atoms with Crippen LogP contribution in [-0.4, -0.2) is 43.0 Å². The van der Waals surface area contributed by atoms with Gasteiger partial charge in [0.25, 0.3) is 0 Å². The van der Waals surface area contributed by atoms with E-state index in [1.807, 2.05) is 4.90 Å². The molecular formula is C10H19N3O. The average molecular weight is 197 g/mol. The average Bonchev–Trinajstić information content (AvgIpc) is 2.65. The van der Waals surface area contributed by atoms with Crippen molar-refractivity contribution in [2.75, 3.05) is 26.2 Å². The molecule has 4 heteroatoms. The minimum absolute atomic E-state index is 0.105. The van der Waals surface area contributed by atoms with E-state index in [-0.39, 0.29) is 17.9 Å². The fraction of sp³-hybridized carbons (Fsp3) is 0.900. The number of nitrogens with one attached hydrogen (secondary N) is 1. The number of amides is 1. The van der Waals surface area contributed by atoms with Crippen molar-refractivity contribution in [3.8, 4) is 0 Å². The molecule has 4 nitrogen and oxygen atoms in total. The number of nitrogens with two attached hydrogens (primary N) is 1. The van der Waals surface area contributed by atoms with Crippen molar-refractivity contribution in [2.24, 2.45) is 11.7 Å². The molecule has 1 saturated carbocycles. The van der Waals surface area contributed by atoms with Crippen LogP contribution in [0.3, 0.4) is 0 Å². The molecule has 80 valence electrons. The fourth-order valence-electron chi connectivity index (χ4n) is 2.42. The van der Waals surface area contributed by atoms with Gasteiger partial charge in [-0.1, -0.05) is 6.42 Å². The van der Waals surface area contributed by atoms with Crippen molar-refractivity contribution in [3.05, 3.63) is 0 Å². The summed E-state index contributed by atoms with van der Waals surface area (Å²) in [5, 5.41) is 3.25. The lowest BCUT2D eigenvalue weighted by Gasteiger charge is -2.30. The molecule has 0 spiro atoms. The maximum Gasteiger partial charge on any atom is 0.227 e. The molecule has 1 aliphatic heterocycles. The zero-order valence-electron chi connectivity index (χ0n) is 8.54. The van der Waals surface area contributed by atoms with Crippen LogP contribution in [0.4, 0.5) is 0 Å². The Bertz CT molecular complexity index is 213. The highest BCUT2D eigenvalue weighted by molar-refractivity contribution is 5.80. The monoisotopic (exact) mass is 197 g/mol. The third kappa shape index (κ3) is 1.91. The molecule has 14 heavy (non-hydrogen) atoms. The topological polar surface area (TPSA) is 58.4 Å². The molecule has 1 aliphatic carbocycles. The second kappa shape index (κ2) is 4.28. The summed E-state index contributed by atoms with van der Waals surface area (Å²) in [5.41, 5.74) is 5.92. The van der Waals surface area contributed by atoms with Gasteiger partial charge in [0.2, 0.25) is 5.91 Å². The summed E-state index contributed by atoms with van der Waals surface area (Å²) in [4.78, 5) is 14.0. The van der Waals surface area contributed by atoms with Crippen LogP contribution in [0.2, 0.25) is 0 Å². The first-order valence-corrected chi connectivity index (χ1v) is 5.54. The van der Waals surface area contributed by atoms with Crippen molar-refractivity contribution in [1.29, 1.82) is 0 Å². The van der Waals surface area contributed by atoms with Gasteiger partial charge in [0, 0.05) is 32.2 Å². The number of hydrogen-bond donors (Lipinski definition) is 2. The van der Waals surface area contributed by atoms with Crippen molar-refractivity contribution in [2.45, 2.75) is 25.3 Å². The van der Waals surface area contributed by atoms with Crippen LogP contribution < -0.4 is 11.1 Å². The van der Waals surface area contributed by atoms with Crippen LogP contribution >= 0.6 is 0 Å². The summed E-state index contributed by atoms with van der Waals surface area (Å²) < 4.78 is 0. The van der Waals surface area contributed by atoms with Crippen molar-refractivity contribution in [1.82, 2.24) is 10.2 Å². The van der Waals surface area contributed by atoms with Crippen molar-refractivity contribution < 1.29 is 4.79 Å². The molecule has 2 fully saturated rings. The highest BCUT2D eigenvalue weighted by Gasteiger charge is 2.33. The summed E-state index contributed by atoms with van der Waals surface area (Å²) in [6.07, 6.45) is 3.12. The SMILES string of the molecule is NC1CCCC1C(=O)N1CCNCC1. The van der Waals surface area contributed by atoms with E-state index in [0.717, 1.165) is 45.4 Å². The molecule has 2 rings (SSSR count). The van der Waals surface area contributed by atoms with Gasteiger partial charge in [-0.3, -0.25) is 4.79 Å². The Morgan fingerprint density at radius 1 is 1.29 bits per heavy atom. The van der Waals surface area contributed by atoms with Gasteiger partial charge in [0.1, 0.15) is 0 Å². The Morgan fingerprint density at radius 3 is 2.57 bits per heavy atom. The lowest BCUT2D eigenvalue weighted by molar-refractivity contribution is -0.136. The summed E-state index contributed by atoms with van der Waals surface area (Å²) in [7, 11) is 0. The fourth-order valence-corrected chi connectivity index (χ4v) is 2.42. The first kappa shape index (κ1) is 9.93. The number of hydrogen-bond acceptors (Lipinski definition) is 3. The third-order valence-corrected chi connectivity index (χ3v) is 3.32. The van der Waals surface area contributed by atoms with Crippen molar-refractivity contribution in [3.63, 3.8) is 0 Å². The molecule has 0 radical (unpaired) electrons. The molecule has 3 N–H and O–H groups in total. The normalized spacial score (nSPS) is 33.4. The maximum atomic E-state index is 12.0. The number of nitrogens with zero attached hydrogens (tertiary/aromatic N) is 1. The Morgan fingerprint density at radius 2 is 2.00 bits per heavy atom. The standard InChI is InChI=1S/C10H19N3O/c11-9-3-1-2-8(9)10(14)13-6-4-12-5-7-13/h8-9,12H,1-7,11H2. The van der Waals surface area contributed by atoms with Crippen LogP contribution in [0.15, 0.2) is 0 Å². The Kier molecular flexibility index (Phi) is 3.03. The molecular weight excluding hydrogens is 178 g/mol. The van der Waals surface area contributed by atoms with Gasteiger partial charge in [0.05, 0.1) is 5.92 Å². The van der Waals surface area contributed by atoms with Crippen LogP contribution in [0.5, 0.6) is 0 Å². The van der Waals surface area contributed by atoms with Gasteiger partial charge in [-0.05, 0) is 12.8 Å². The van der Waals surface area contributed by atoms with Gasteiger partial charge in [-0.25, -0.2) is 0 Å². The smallest absolute Gasteiger partial charge is 0.227 e. The van der Waals surface area contributed by atoms with Crippen LogP contribution in [-0.2, 0) is 4.79 Å². The molecule has 1 amide bonds. The van der Waals surface area contributed by atoms with Crippen LogP contribution in [0.25, 0.3) is 0 Å². The second-order valence-corrected chi connectivity index (χ2v) is 4.28. The molecule has 0 aromatic heterocycles. The predicted molar refractivity (Wildman–Crippen MR) is 54.8 cm³/mol. The van der Waals surface area contributed by atoms with E-state index in [1.54, 1.807) is 0 Å². The first-order valence-electron chi connectivity index (χ1n) is 5.54. The largest absolute Gasteiger partial charge is 0.340 e. The molecule has 0 aromatic rings. The molecule has 2 atom stereocenters.